The summed E-state index contributed by atoms with van der Waals surface area (Å²) < 4.78 is 4.76. The van der Waals surface area contributed by atoms with Gasteiger partial charge in [0.15, 0.2) is 17.5 Å². The molecule has 0 aliphatic carbocycles. The fraction of sp³-hybridized carbons (Fsp3) is 0. The van der Waals surface area contributed by atoms with Crippen molar-refractivity contribution in [1.82, 2.24) is 29.1 Å². The molecule has 0 fully saturated rings. The number of rotatable bonds is 6. The molecular formula is C50H32N6. The SMILES string of the molecule is c1ccc(-c2nc(-c3ccccc3)nc(-c3ccnc(-c4cccc5c4c4ccccc4n5-c4ccc5c6ccccc6n(-c6ccccc6)c5c4)c3)n2)cc1. The molecule has 0 saturated heterocycles. The van der Waals surface area contributed by atoms with Gasteiger partial charge in [-0.2, -0.15) is 0 Å². The number of fused-ring (bicyclic) bond motifs is 6. The maximum atomic E-state index is 5.00. The van der Waals surface area contributed by atoms with Crippen LogP contribution in [0, 0.1) is 0 Å². The second-order valence-corrected chi connectivity index (χ2v) is 13.9. The molecule has 0 spiro atoms. The van der Waals surface area contributed by atoms with Crippen molar-refractivity contribution in [3.05, 3.63) is 194 Å². The molecule has 0 aliphatic rings. The van der Waals surface area contributed by atoms with Gasteiger partial charge in [-0.15, -0.1) is 0 Å². The lowest BCUT2D eigenvalue weighted by Gasteiger charge is -2.12. The van der Waals surface area contributed by atoms with Crippen LogP contribution in [0.1, 0.15) is 0 Å². The molecular weight excluding hydrogens is 685 g/mol. The molecule has 0 bridgehead atoms. The Morgan fingerprint density at radius 3 is 1.57 bits per heavy atom. The van der Waals surface area contributed by atoms with Crippen LogP contribution in [0.5, 0.6) is 0 Å². The van der Waals surface area contributed by atoms with Gasteiger partial charge < -0.3 is 9.13 Å². The van der Waals surface area contributed by atoms with Crippen LogP contribution in [-0.2, 0) is 0 Å². The number of pyridine rings is 1. The van der Waals surface area contributed by atoms with E-state index in [-0.39, 0.29) is 0 Å². The van der Waals surface area contributed by atoms with Crippen molar-refractivity contribution in [3.8, 4) is 56.8 Å². The van der Waals surface area contributed by atoms with E-state index >= 15 is 0 Å². The highest BCUT2D eigenvalue weighted by Gasteiger charge is 2.20. The van der Waals surface area contributed by atoms with Crippen LogP contribution in [0.25, 0.3) is 100 Å². The maximum Gasteiger partial charge on any atom is 0.164 e. The van der Waals surface area contributed by atoms with Crippen molar-refractivity contribution in [2.45, 2.75) is 0 Å². The molecule has 4 heterocycles. The Hall–Kier alpha value is -7.70. The number of para-hydroxylation sites is 3. The summed E-state index contributed by atoms with van der Waals surface area (Å²) in [7, 11) is 0. The highest BCUT2D eigenvalue weighted by atomic mass is 15.0. The molecule has 6 nitrogen and oxygen atoms in total. The fourth-order valence-electron chi connectivity index (χ4n) is 8.12. The van der Waals surface area contributed by atoms with Gasteiger partial charge in [-0.1, -0.05) is 133 Å². The van der Waals surface area contributed by atoms with Gasteiger partial charge in [0, 0.05) is 61.4 Å². The van der Waals surface area contributed by atoms with Gasteiger partial charge in [0.25, 0.3) is 0 Å². The van der Waals surface area contributed by atoms with E-state index < -0.39 is 0 Å². The minimum absolute atomic E-state index is 0.595. The van der Waals surface area contributed by atoms with Gasteiger partial charge in [-0.05, 0) is 54.6 Å². The molecule has 0 radical (unpaired) electrons. The lowest BCUT2D eigenvalue weighted by atomic mass is 10.0. The largest absolute Gasteiger partial charge is 0.309 e. The van der Waals surface area contributed by atoms with Crippen molar-refractivity contribution < 1.29 is 0 Å². The summed E-state index contributed by atoms with van der Waals surface area (Å²) >= 11 is 0. The first-order chi connectivity index (χ1) is 27.8. The third kappa shape index (κ3) is 5.19. The number of aromatic nitrogens is 6. The van der Waals surface area contributed by atoms with E-state index in [1.807, 2.05) is 72.9 Å². The molecule has 0 unspecified atom stereocenters. The first-order valence-electron chi connectivity index (χ1n) is 18.7. The summed E-state index contributed by atoms with van der Waals surface area (Å²) in [5, 5.41) is 4.76. The molecule has 0 aliphatic heterocycles. The van der Waals surface area contributed by atoms with E-state index in [9.17, 15) is 0 Å². The molecule has 4 aromatic heterocycles. The Morgan fingerprint density at radius 2 is 0.875 bits per heavy atom. The molecule has 6 heteroatoms. The molecule has 56 heavy (non-hydrogen) atoms. The van der Waals surface area contributed by atoms with E-state index in [4.69, 9.17) is 19.9 Å². The Morgan fingerprint density at radius 1 is 0.339 bits per heavy atom. The number of nitrogens with zero attached hydrogens (tertiary/aromatic N) is 6. The molecule has 0 N–H and O–H groups in total. The van der Waals surface area contributed by atoms with Crippen LogP contribution in [0.3, 0.4) is 0 Å². The minimum Gasteiger partial charge on any atom is -0.309 e. The predicted molar refractivity (Wildman–Crippen MR) is 228 cm³/mol. The van der Waals surface area contributed by atoms with Crippen LogP contribution in [0.2, 0.25) is 0 Å². The third-order valence-electron chi connectivity index (χ3n) is 10.6. The standard InChI is InChI=1S/C50H32N6/c1-4-15-33(16-5-1)48-52-49(34-17-6-2-7-18-34)54-50(53-48)35-29-30-51-42(31-35)40-23-14-26-45-47(40)41-22-11-13-25-44(41)56(45)37-27-28-39-38-21-10-12-24-43(38)55(46(39)32-37)36-19-8-3-9-20-36/h1-32H. The van der Waals surface area contributed by atoms with Crippen molar-refractivity contribution in [3.63, 3.8) is 0 Å². The van der Waals surface area contributed by atoms with E-state index in [2.05, 4.69) is 130 Å². The molecule has 0 atom stereocenters. The average Bonchev–Trinajstić information content (AvgIpc) is 3.80. The number of hydrogen-bond donors (Lipinski definition) is 0. The van der Waals surface area contributed by atoms with Gasteiger partial charge in [0.2, 0.25) is 0 Å². The lowest BCUT2D eigenvalue weighted by Crippen LogP contribution is -2.00. The zero-order valence-corrected chi connectivity index (χ0v) is 30.2. The first kappa shape index (κ1) is 31.8. The summed E-state index contributed by atoms with van der Waals surface area (Å²) in [6, 6.07) is 65.5. The van der Waals surface area contributed by atoms with E-state index in [0.29, 0.717) is 17.5 Å². The predicted octanol–water partition coefficient (Wildman–Crippen LogP) is 12.1. The van der Waals surface area contributed by atoms with Crippen LogP contribution in [0.4, 0.5) is 0 Å². The second kappa shape index (κ2) is 13.0. The zero-order chi connectivity index (χ0) is 37.0. The molecule has 0 saturated carbocycles. The Bertz CT molecular complexity index is 3180. The Balaban J connectivity index is 1.10. The zero-order valence-electron chi connectivity index (χ0n) is 30.2. The monoisotopic (exact) mass is 716 g/mol. The van der Waals surface area contributed by atoms with E-state index in [1.54, 1.807) is 0 Å². The molecule has 11 rings (SSSR count). The van der Waals surface area contributed by atoms with Crippen molar-refractivity contribution in [1.29, 1.82) is 0 Å². The second-order valence-electron chi connectivity index (χ2n) is 13.9. The number of benzene rings is 7. The van der Waals surface area contributed by atoms with Crippen molar-refractivity contribution in [2.24, 2.45) is 0 Å². The molecule has 7 aromatic carbocycles. The normalized spacial score (nSPS) is 11.6. The topological polar surface area (TPSA) is 61.4 Å². The minimum atomic E-state index is 0.595. The average molecular weight is 717 g/mol. The third-order valence-corrected chi connectivity index (χ3v) is 10.6. The molecule has 11 aromatic rings. The van der Waals surface area contributed by atoms with Crippen LogP contribution in [-0.4, -0.2) is 29.1 Å². The quantitative estimate of drug-likeness (QED) is 0.172. The summed E-state index contributed by atoms with van der Waals surface area (Å²) in [6.07, 6.45) is 1.85. The van der Waals surface area contributed by atoms with E-state index in [1.165, 1.54) is 16.3 Å². The van der Waals surface area contributed by atoms with Gasteiger partial charge in [-0.3, -0.25) is 4.98 Å². The number of hydrogen-bond acceptors (Lipinski definition) is 4. The highest BCUT2D eigenvalue weighted by molar-refractivity contribution is 6.16. The van der Waals surface area contributed by atoms with Crippen LogP contribution >= 0.6 is 0 Å². The smallest absolute Gasteiger partial charge is 0.164 e. The lowest BCUT2D eigenvalue weighted by molar-refractivity contribution is 1.07. The highest BCUT2D eigenvalue weighted by Crippen LogP contribution is 2.40. The Kier molecular flexibility index (Phi) is 7.38. The molecule has 262 valence electrons. The molecule has 0 amide bonds. The van der Waals surface area contributed by atoms with Gasteiger partial charge in [0.1, 0.15) is 0 Å². The summed E-state index contributed by atoms with van der Waals surface area (Å²) in [5.41, 5.74) is 11.4. The van der Waals surface area contributed by atoms with E-state index in [0.717, 1.165) is 66.6 Å². The summed E-state index contributed by atoms with van der Waals surface area (Å²) in [4.78, 5) is 19.9. The Labute approximate surface area is 322 Å². The van der Waals surface area contributed by atoms with Gasteiger partial charge in [0.05, 0.1) is 27.8 Å². The maximum absolute atomic E-state index is 5.00. The van der Waals surface area contributed by atoms with Crippen molar-refractivity contribution >= 4 is 43.6 Å². The van der Waals surface area contributed by atoms with Crippen molar-refractivity contribution in [2.75, 3.05) is 0 Å². The summed E-state index contributed by atoms with van der Waals surface area (Å²) in [5.74, 6) is 1.85. The first-order valence-corrected chi connectivity index (χ1v) is 18.7. The van der Waals surface area contributed by atoms with Gasteiger partial charge >= 0.3 is 0 Å². The van der Waals surface area contributed by atoms with Crippen LogP contribution in [0.15, 0.2) is 194 Å². The van der Waals surface area contributed by atoms with Gasteiger partial charge in [-0.25, -0.2) is 15.0 Å². The van der Waals surface area contributed by atoms with Crippen LogP contribution < -0.4 is 0 Å². The summed E-state index contributed by atoms with van der Waals surface area (Å²) in [6.45, 7) is 0. The fourth-order valence-corrected chi connectivity index (χ4v) is 8.12.